The van der Waals surface area contributed by atoms with Crippen molar-refractivity contribution in [2.75, 3.05) is 13.7 Å². The predicted molar refractivity (Wildman–Crippen MR) is 429 cm³/mol. The second kappa shape index (κ2) is 38.2. The van der Waals surface area contributed by atoms with Crippen LogP contribution in [0.25, 0.3) is 11.1 Å². The number of likely N-dealkylation sites (N-methyl/N-ethyl adjacent to an activating group) is 1. The van der Waals surface area contributed by atoms with Gasteiger partial charge in [-0.1, -0.05) is 105 Å². The Morgan fingerprint density at radius 2 is 1.16 bits per heavy atom. The number of benzene rings is 7. The lowest BCUT2D eigenvalue weighted by Crippen LogP contribution is -2.66. The van der Waals surface area contributed by atoms with Crippen LogP contribution < -0.4 is 66.2 Å². The molecule has 7 amide bonds. The predicted octanol–water partition coefficient (Wildman–Crippen LogP) is 4.51. The third kappa shape index (κ3) is 19.5. The second-order valence-electron chi connectivity index (χ2n) is 30.4. The van der Waals surface area contributed by atoms with Gasteiger partial charge in [-0.15, -0.1) is 0 Å². The zero-order chi connectivity index (χ0) is 89.0. The second-order valence-corrected chi connectivity index (χ2v) is 31.2. The minimum atomic E-state index is -2.48. The van der Waals surface area contributed by atoms with Crippen LogP contribution >= 0.6 is 23.2 Å². The highest BCUT2D eigenvalue weighted by atomic mass is 35.5. The van der Waals surface area contributed by atoms with Crippen LogP contribution in [0.1, 0.15) is 147 Å². The van der Waals surface area contributed by atoms with E-state index in [0.29, 0.717) is 12.8 Å². The fourth-order valence-corrected chi connectivity index (χ4v) is 15.7. The Kier molecular flexibility index (Phi) is 27.5. The number of esters is 1. The molecule has 658 valence electrons. The maximum Gasteiger partial charge on any atom is 0.335 e. The number of fused-ring (bicyclic) bond motifs is 14. The lowest BCUT2D eigenvalue weighted by molar-refractivity contribution is -0.278. The molecule has 8 heterocycles. The summed E-state index contributed by atoms with van der Waals surface area (Å²) in [5, 5.41) is 158. The Morgan fingerprint density at radius 3 is 1.85 bits per heavy atom. The number of rotatable bonds is 19. The number of phenols is 4. The Hall–Kier alpha value is -12.3. The van der Waals surface area contributed by atoms with Gasteiger partial charge in [-0.25, -0.2) is 9.59 Å². The summed E-state index contributed by atoms with van der Waals surface area (Å²) in [4.78, 5) is 148. The summed E-state index contributed by atoms with van der Waals surface area (Å²) in [5.74, 6) is -20.6. The number of hydrogen-bond acceptors (Lipinski definition) is 29. The van der Waals surface area contributed by atoms with Crippen molar-refractivity contribution < 1.29 is 147 Å². The molecule has 18 atom stereocenters. The average molecular weight is 1760 g/mol. The van der Waals surface area contributed by atoms with E-state index in [1.807, 2.05) is 0 Å². The van der Waals surface area contributed by atoms with Crippen molar-refractivity contribution >= 4 is 82.5 Å². The Labute approximate surface area is 714 Å². The zero-order valence-electron chi connectivity index (χ0n) is 66.1. The fourth-order valence-electron chi connectivity index (χ4n) is 15.3. The standard InChI is InChI=1S/C84H88Cl2N8O30/c1-4-5-6-7-8-9-10-11-12-57(100)89-66-69(103)71(105)74(82(115)116)124-83(66)123-73-54-27-39-28-55(73)120-51-22-17-38(25-46(51)85)67(101)65-80(112)93-64(81(113)114)44-29-40(96)30-53(121-84-72(106)70(104)68(102)56(122-84)33-117-34(2)95)58(44)43-24-36(15-20-48(43)97)61(77(109)94-65)90-78(110)62(39)91-79(111)63-45-31-42(32-50(99)59(45)86)119-52-26-37(16-21-49(52)98)60(87-3)76(108)88-47(75(107)92-63)23-35-13-18-41(118-54)19-14-35/h13-22,24-32,47,56,60-72,74,83-84,87,96-99,101-106H,4-12,23,33H2,1-3H3,(H,88,108)(H,89,100)(H,90,110)(H,91,111)(H,92,107)(H,93,112)(H,94,109)(H,113,114)(H,115,116)/t47-,56-,60-,61-,62-,63+,64+,65+,66+,67-,68-,69+,70+,71-,72+,74-,83+,84+/m1/s1. The van der Waals surface area contributed by atoms with Gasteiger partial charge in [0.2, 0.25) is 59.7 Å². The normalized spacial score (nSPS) is 26.2. The van der Waals surface area contributed by atoms with Crippen LogP contribution in [0.4, 0.5) is 0 Å². The number of aliphatic hydroxyl groups excluding tert-OH is 6. The van der Waals surface area contributed by atoms with E-state index >= 15 is 24.0 Å². The van der Waals surface area contributed by atoms with Gasteiger partial charge < -0.3 is 142 Å². The van der Waals surface area contributed by atoms with Crippen LogP contribution in [0, 0.1) is 0 Å². The molecule has 15 rings (SSSR count). The van der Waals surface area contributed by atoms with E-state index in [0.717, 1.165) is 118 Å². The summed E-state index contributed by atoms with van der Waals surface area (Å²) in [6.07, 6.45) is -15.5. The highest BCUT2D eigenvalue weighted by Crippen LogP contribution is 2.50. The first-order valence-electron chi connectivity index (χ1n) is 39.4. The molecular weight excluding hydrogens is 1670 g/mol. The highest BCUT2D eigenvalue weighted by molar-refractivity contribution is 6.33. The van der Waals surface area contributed by atoms with E-state index in [1.54, 1.807) is 0 Å². The number of carbonyl (C=O) groups is 10. The SMILES string of the molecule is CCCCCCCCCCC(=O)N[C@@H]1[C@@H](Oc2c3cc4cc2Oc2ccc(cc2Cl)[C@@H](O)[C@@H]2NC(=O)[C@H](NC(=O)[C@@H]4NC(=O)[C@H]4NC(=O)[C@@H](Cc5ccc(cc5)O3)NC(=O)[C@H](NC)c3ccc(O)c(c3)Oc3cc(O)c(Cl)c4c3)c3ccc(O)c(c3)-c3c(O[C@H]4O[C@H](COC(C)=O)[C@@H](O)[C@H](O)[C@@H]4O)cc(O)cc3[C@@H](C(=O)O)NC2=O)O[C@@H](C(=O)O)[C@H](O)[C@H]1O. The molecule has 0 aliphatic carbocycles. The van der Waals surface area contributed by atoms with Gasteiger partial charge in [0.05, 0.1) is 10.0 Å². The number of phenolic OH excluding ortho intramolecular Hbond substituents is 4. The first-order chi connectivity index (χ1) is 59.2. The van der Waals surface area contributed by atoms with Crippen molar-refractivity contribution in [3.8, 4) is 80.1 Å². The van der Waals surface area contributed by atoms with Gasteiger partial charge in [-0.05, 0) is 114 Å². The summed E-state index contributed by atoms with van der Waals surface area (Å²) in [5.41, 5.74) is -3.38. The maximum absolute atomic E-state index is 16.7. The molecule has 0 aromatic heterocycles. The largest absolute Gasteiger partial charge is 0.508 e. The van der Waals surface area contributed by atoms with Crippen LogP contribution in [0.2, 0.25) is 10.0 Å². The van der Waals surface area contributed by atoms with E-state index in [1.165, 1.54) is 49.5 Å². The summed E-state index contributed by atoms with van der Waals surface area (Å²) in [6.45, 7) is 2.33. The first-order valence-corrected chi connectivity index (χ1v) is 40.2. The smallest absolute Gasteiger partial charge is 0.335 e. The molecule has 0 radical (unpaired) electrons. The molecule has 38 nitrogen and oxygen atoms in total. The van der Waals surface area contributed by atoms with Gasteiger partial charge in [-0.3, -0.25) is 38.4 Å². The van der Waals surface area contributed by atoms with Gasteiger partial charge in [-0.2, -0.15) is 0 Å². The molecule has 2 saturated heterocycles. The third-order valence-electron chi connectivity index (χ3n) is 21.7. The molecule has 7 aromatic rings. The van der Waals surface area contributed by atoms with Crippen LogP contribution in [-0.4, -0.2) is 208 Å². The van der Waals surface area contributed by atoms with E-state index in [-0.39, 0.29) is 40.4 Å². The molecule has 40 heteroatoms. The monoisotopic (exact) mass is 1760 g/mol. The van der Waals surface area contributed by atoms with Crippen molar-refractivity contribution in [3.63, 3.8) is 0 Å². The Morgan fingerprint density at radius 1 is 0.524 bits per heavy atom. The number of carboxylic acids is 2. The summed E-state index contributed by atoms with van der Waals surface area (Å²) < 4.78 is 49.2. The Balaban J connectivity index is 1.04. The number of hydrogen-bond donors (Lipinski definition) is 20. The quantitative estimate of drug-likeness (QED) is 0.0391. The van der Waals surface area contributed by atoms with Gasteiger partial charge in [0.1, 0.15) is 132 Å². The topological polar surface area (TPSA) is 584 Å². The van der Waals surface area contributed by atoms with Crippen molar-refractivity contribution in [2.24, 2.45) is 0 Å². The van der Waals surface area contributed by atoms with Crippen LogP contribution in [0.15, 0.2) is 115 Å². The van der Waals surface area contributed by atoms with Crippen molar-refractivity contribution in [1.29, 1.82) is 0 Å². The molecule has 8 aliphatic heterocycles. The Bertz CT molecular complexity index is 5300. The molecule has 0 unspecified atom stereocenters. The number of halogens is 2. The number of nitrogens with one attached hydrogen (secondary N) is 8. The minimum absolute atomic E-state index is 0.154. The molecule has 0 saturated carbocycles. The minimum Gasteiger partial charge on any atom is -0.508 e. The van der Waals surface area contributed by atoms with Crippen molar-refractivity contribution in [2.45, 2.75) is 188 Å². The number of aromatic hydroxyl groups is 4. The van der Waals surface area contributed by atoms with Gasteiger partial charge in [0, 0.05) is 54.2 Å². The van der Waals surface area contributed by atoms with Crippen LogP contribution in [0.3, 0.4) is 0 Å². The molecule has 7 aromatic carbocycles. The van der Waals surface area contributed by atoms with Crippen molar-refractivity contribution in [3.05, 3.63) is 164 Å². The van der Waals surface area contributed by atoms with E-state index in [9.17, 15) is 85.3 Å². The lowest BCUT2D eigenvalue weighted by atomic mass is 9.89. The number of carboxylic acid groups (broad SMARTS) is 2. The number of aliphatic carboxylic acids is 2. The lowest BCUT2D eigenvalue weighted by Gasteiger charge is -2.41. The van der Waals surface area contributed by atoms with Crippen LogP contribution in [0.5, 0.6) is 69.0 Å². The number of aliphatic hydroxyl groups is 6. The van der Waals surface area contributed by atoms with Crippen molar-refractivity contribution in [1.82, 2.24) is 42.5 Å². The molecule has 20 N–H and O–H groups in total. The van der Waals surface area contributed by atoms with E-state index in [2.05, 4.69) is 49.5 Å². The van der Waals surface area contributed by atoms with Gasteiger partial charge >= 0.3 is 17.9 Å². The van der Waals surface area contributed by atoms with Gasteiger partial charge in [0.15, 0.2) is 35.1 Å². The molecule has 0 spiro atoms. The van der Waals surface area contributed by atoms with Gasteiger partial charge in [0.25, 0.3) is 0 Å². The maximum atomic E-state index is 16.7. The molecule has 8 aliphatic rings. The fraction of sp³-hybridized carbons (Fsp3) is 0.381. The van der Waals surface area contributed by atoms with E-state index < -0.39 is 277 Å². The highest BCUT2D eigenvalue weighted by Gasteiger charge is 2.52. The number of carbonyl (C=O) groups excluding carboxylic acids is 8. The summed E-state index contributed by atoms with van der Waals surface area (Å²) in [7, 11) is 1.42. The van der Waals surface area contributed by atoms with E-state index in [4.69, 9.17) is 61.1 Å². The molecule has 124 heavy (non-hydrogen) atoms. The molecular formula is C84H88Cl2N8O30. The average Bonchev–Trinajstić information content (AvgIpc) is 0.758. The summed E-state index contributed by atoms with van der Waals surface area (Å²) in [6, 6.07) is 4.24. The summed E-state index contributed by atoms with van der Waals surface area (Å²) >= 11 is 14.2. The number of unbranched alkanes of at least 4 members (excludes halogenated alkanes) is 7. The number of amides is 7. The van der Waals surface area contributed by atoms with Crippen LogP contribution in [-0.2, 0) is 68.6 Å². The third-order valence-corrected chi connectivity index (χ3v) is 22.4. The first kappa shape index (κ1) is 89.4. The molecule has 2 fully saturated rings. The number of ether oxygens (including phenoxy) is 8. The molecule has 17 bridgehead atoms. The zero-order valence-corrected chi connectivity index (χ0v) is 67.6.